The summed E-state index contributed by atoms with van der Waals surface area (Å²) in [6, 6.07) is 8.05. The Bertz CT molecular complexity index is 684. The van der Waals surface area contributed by atoms with Gasteiger partial charge in [0.15, 0.2) is 0 Å². The van der Waals surface area contributed by atoms with Crippen LogP contribution in [0.15, 0.2) is 24.3 Å². The topological polar surface area (TPSA) is 47.1 Å². The van der Waals surface area contributed by atoms with Crippen molar-refractivity contribution in [2.75, 3.05) is 59.4 Å². The largest absolute Gasteiger partial charge is 0.304 e. The van der Waals surface area contributed by atoms with Gasteiger partial charge in [-0.25, -0.2) is 0 Å². The number of rotatable bonds is 4. The van der Waals surface area contributed by atoms with Crippen LogP contribution in [0.2, 0.25) is 5.02 Å². The van der Waals surface area contributed by atoms with Gasteiger partial charge in [0, 0.05) is 63.4 Å². The number of benzene rings is 1. The van der Waals surface area contributed by atoms with Crippen LogP contribution >= 0.6 is 11.6 Å². The second-order valence-corrected chi connectivity index (χ2v) is 9.18. The number of likely N-dealkylation sites (N-methyl/N-ethyl adjacent to an activating group) is 1. The van der Waals surface area contributed by atoms with E-state index in [2.05, 4.69) is 16.7 Å². The van der Waals surface area contributed by atoms with Crippen molar-refractivity contribution in [2.45, 2.75) is 13.0 Å². The van der Waals surface area contributed by atoms with E-state index in [4.69, 9.17) is 11.6 Å². The average molecular weight is 387 g/mol. The lowest BCUT2D eigenvalue weighted by molar-refractivity contribution is 0.137. The third kappa shape index (κ3) is 4.18. The van der Waals surface area contributed by atoms with Crippen molar-refractivity contribution in [1.29, 1.82) is 0 Å². The van der Waals surface area contributed by atoms with E-state index in [9.17, 15) is 8.42 Å². The molecule has 25 heavy (non-hydrogen) atoms. The van der Waals surface area contributed by atoms with Gasteiger partial charge in [-0.15, -0.1) is 0 Å². The number of nitrogens with zero attached hydrogens (tertiary/aromatic N) is 4. The second kappa shape index (κ2) is 7.90. The number of hydrogen-bond acceptors (Lipinski definition) is 4. The fourth-order valence-corrected chi connectivity index (χ4v) is 5.38. The SMILES string of the molecule is CC(c1ccccc1Cl)N1CCN(S(=O)(=O)N2CCN(C)CC2)CC1. The van der Waals surface area contributed by atoms with E-state index in [-0.39, 0.29) is 6.04 Å². The van der Waals surface area contributed by atoms with Crippen molar-refractivity contribution in [3.8, 4) is 0 Å². The van der Waals surface area contributed by atoms with Gasteiger partial charge in [0.1, 0.15) is 0 Å². The molecule has 1 atom stereocenters. The quantitative estimate of drug-likeness (QED) is 0.787. The Morgan fingerprint density at radius 1 is 0.920 bits per heavy atom. The third-order valence-electron chi connectivity index (χ3n) is 5.29. The summed E-state index contributed by atoms with van der Waals surface area (Å²) < 4.78 is 28.9. The Morgan fingerprint density at radius 3 is 2.00 bits per heavy atom. The smallest absolute Gasteiger partial charge is 0.282 e. The van der Waals surface area contributed by atoms with Crippen LogP contribution in [0.25, 0.3) is 0 Å². The zero-order valence-electron chi connectivity index (χ0n) is 14.9. The molecule has 140 valence electrons. The molecular weight excluding hydrogens is 360 g/mol. The standard InChI is InChI=1S/C17H27ClN4O2S/c1-15(16-5-3-4-6-17(16)18)20-9-13-22(14-10-20)25(23,24)21-11-7-19(2)8-12-21/h3-6,15H,7-14H2,1-2H3. The Kier molecular flexibility index (Phi) is 6.03. The fourth-order valence-electron chi connectivity index (χ4n) is 3.51. The van der Waals surface area contributed by atoms with Crippen LogP contribution in [0.3, 0.4) is 0 Å². The molecule has 0 aromatic heterocycles. The van der Waals surface area contributed by atoms with Gasteiger partial charge in [0.2, 0.25) is 0 Å². The molecule has 8 heteroatoms. The van der Waals surface area contributed by atoms with E-state index in [1.165, 1.54) is 0 Å². The van der Waals surface area contributed by atoms with E-state index in [1.54, 1.807) is 8.61 Å². The summed E-state index contributed by atoms with van der Waals surface area (Å²) >= 11 is 6.31. The first kappa shape index (κ1) is 19.1. The number of piperazine rings is 2. The lowest BCUT2D eigenvalue weighted by Gasteiger charge is -2.40. The van der Waals surface area contributed by atoms with Crippen LogP contribution < -0.4 is 0 Å². The highest BCUT2D eigenvalue weighted by atomic mass is 35.5. The van der Waals surface area contributed by atoms with Crippen molar-refractivity contribution in [1.82, 2.24) is 18.4 Å². The van der Waals surface area contributed by atoms with Gasteiger partial charge in [0.25, 0.3) is 10.2 Å². The highest BCUT2D eigenvalue weighted by molar-refractivity contribution is 7.86. The number of hydrogen-bond donors (Lipinski definition) is 0. The predicted octanol–water partition coefficient (Wildman–Crippen LogP) is 1.51. The molecule has 0 aliphatic carbocycles. The molecule has 0 saturated carbocycles. The Labute approximate surface area is 156 Å². The van der Waals surface area contributed by atoms with Gasteiger partial charge < -0.3 is 4.90 Å². The fraction of sp³-hybridized carbons (Fsp3) is 0.647. The zero-order chi connectivity index (χ0) is 18.0. The first-order valence-corrected chi connectivity index (χ1v) is 10.6. The van der Waals surface area contributed by atoms with Gasteiger partial charge in [-0.05, 0) is 25.6 Å². The predicted molar refractivity (Wildman–Crippen MR) is 101 cm³/mol. The molecule has 0 N–H and O–H groups in total. The van der Waals surface area contributed by atoms with E-state index < -0.39 is 10.2 Å². The van der Waals surface area contributed by atoms with E-state index in [1.807, 2.05) is 31.3 Å². The van der Waals surface area contributed by atoms with Crippen LogP contribution in [0.5, 0.6) is 0 Å². The molecule has 2 heterocycles. The van der Waals surface area contributed by atoms with Gasteiger partial charge in [-0.3, -0.25) is 4.90 Å². The molecule has 0 amide bonds. The molecule has 1 unspecified atom stereocenters. The zero-order valence-corrected chi connectivity index (χ0v) is 16.5. The molecule has 6 nitrogen and oxygen atoms in total. The van der Waals surface area contributed by atoms with Crippen molar-refractivity contribution < 1.29 is 8.42 Å². The van der Waals surface area contributed by atoms with Crippen molar-refractivity contribution in [2.24, 2.45) is 0 Å². The van der Waals surface area contributed by atoms with Crippen molar-refractivity contribution in [3.63, 3.8) is 0 Å². The lowest BCUT2D eigenvalue weighted by atomic mass is 10.1. The first-order valence-electron chi connectivity index (χ1n) is 8.82. The van der Waals surface area contributed by atoms with Gasteiger partial charge in [-0.1, -0.05) is 29.8 Å². The van der Waals surface area contributed by atoms with Crippen LogP contribution in [-0.2, 0) is 10.2 Å². The summed E-state index contributed by atoms with van der Waals surface area (Å²) in [4.78, 5) is 4.46. The molecule has 2 fully saturated rings. The minimum Gasteiger partial charge on any atom is -0.304 e. The Morgan fingerprint density at radius 2 is 1.44 bits per heavy atom. The summed E-state index contributed by atoms with van der Waals surface area (Å²) in [5, 5.41) is 0.766. The van der Waals surface area contributed by atoms with E-state index in [0.29, 0.717) is 26.2 Å². The maximum Gasteiger partial charge on any atom is 0.282 e. The summed E-state index contributed by atoms with van der Waals surface area (Å²) in [6.07, 6.45) is 0. The minimum absolute atomic E-state index is 0.183. The summed E-state index contributed by atoms with van der Waals surface area (Å²) in [7, 11) is -1.32. The maximum absolute atomic E-state index is 12.8. The third-order valence-corrected chi connectivity index (χ3v) is 7.67. The maximum atomic E-state index is 12.8. The molecule has 2 saturated heterocycles. The lowest BCUT2D eigenvalue weighted by Crippen LogP contribution is -2.56. The summed E-state index contributed by atoms with van der Waals surface area (Å²) in [5.41, 5.74) is 1.10. The first-order chi connectivity index (χ1) is 11.9. The monoisotopic (exact) mass is 386 g/mol. The highest BCUT2D eigenvalue weighted by Gasteiger charge is 2.34. The molecule has 0 radical (unpaired) electrons. The molecule has 1 aromatic rings. The van der Waals surface area contributed by atoms with Crippen molar-refractivity contribution >= 4 is 21.8 Å². The number of halogens is 1. The normalized spacial score (nSPS) is 23.6. The Balaban J connectivity index is 1.61. The highest BCUT2D eigenvalue weighted by Crippen LogP contribution is 2.28. The Hall–Kier alpha value is -0.700. The minimum atomic E-state index is -3.34. The van der Waals surface area contributed by atoms with Crippen molar-refractivity contribution in [3.05, 3.63) is 34.9 Å². The van der Waals surface area contributed by atoms with Crippen LogP contribution in [0.1, 0.15) is 18.5 Å². The molecule has 1 aromatic carbocycles. The molecule has 0 bridgehead atoms. The molecule has 0 spiro atoms. The summed E-state index contributed by atoms with van der Waals surface area (Å²) in [5.74, 6) is 0. The molecule has 3 rings (SSSR count). The average Bonchev–Trinajstić information content (AvgIpc) is 2.62. The van der Waals surface area contributed by atoms with Crippen LogP contribution in [0.4, 0.5) is 0 Å². The second-order valence-electron chi connectivity index (χ2n) is 6.84. The van der Waals surface area contributed by atoms with Gasteiger partial charge in [0.05, 0.1) is 0 Å². The molecular formula is C17H27ClN4O2S. The summed E-state index contributed by atoms with van der Waals surface area (Å²) in [6.45, 7) is 7.38. The van der Waals surface area contributed by atoms with E-state index >= 15 is 0 Å². The molecule has 2 aliphatic heterocycles. The van der Waals surface area contributed by atoms with Gasteiger partial charge in [-0.2, -0.15) is 17.0 Å². The molecule has 2 aliphatic rings. The van der Waals surface area contributed by atoms with Gasteiger partial charge >= 0.3 is 0 Å². The van der Waals surface area contributed by atoms with E-state index in [0.717, 1.165) is 36.8 Å². The van der Waals surface area contributed by atoms with Crippen LogP contribution in [-0.4, -0.2) is 86.2 Å². The van der Waals surface area contributed by atoms with Crippen LogP contribution in [0, 0.1) is 0 Å².